The molecule has 0 heterocycles. The normalized spacial score (nSPS) is 12.0. The minimum absolute atomic E-state index is 0.0757. The zero-order chi connectivity index (χ0) is 14.3. The minimum atomic E-state index is -0.213. The first-order chi connectivity index (χ1) is 9.02. The largest absolute Gasteiger partial charge is 0.493 e. The molecular formula is C14H20BrNO3. The molecule has 1 rings (SSSR count). The van der Waals surface area contributed by atoms with E-state index in [9.17, 15) is 4.79 Å². The van der Waals surface area contributed by atoms with Crippen LogP contribution in [0.1, 0.15) is 25.3 Å². The molecule has 0 bridgehead atoms. The Balaban J connectivity index is 2.54. The molecule has 0 saturated heterocycles. The molecule has 4 nitrogen and oxygen atoms in total. The van der Waals surface area contributed by atoms with E-state index in [0.29, 0.717) is 19.4 Å². The van der Waals surface area contributed by atoms with Crippen molar-refractivity contribution in [2.75, 3.05) is 13.7 Å². The Morgan fingerprint density at radius 1 is 1.47 bits per heavy atom. The number of ether oxygens (including phenoxy) is 2. The number of methoxy groups -OCH3 is 1. The predicted molar refractivity (Wildman–Crippen MR) is 78.2 cm³/mol. The molecule has 1 unspecified atom stereocenters. The minimum Gasteiger partial charge on any atom is -0.493 e. The molecule has 0 aliphatic heterocycles. The Labute approximate surface area is 122 Å². The van der Waals surface area contributed by atoms with Crippen molar-refractivity contribution in [3.05, 3.63) is 28.2 Å². The van der Waals surface area contributed by atoms with E-state index < -0.39 is 0 Å². The van der Waals surface area contributed by atoms with Crippen LogP contribution in [0.3, 0.4) is 0 Å². The fourth-order valence-corrected chi connectivity index (χ4v) is 2.10. The van der Waals surface area contributed by atoms with E-state index >= 15 is 0 Å². The molecule has 0 radical (unpaired) electrons. The topological polar surface area (TPSA) is 61.5 Å². The van der Waals surface area contributed by atoms with Gasteiger partial charge in [0.2, 0.25) is 0 Å². The number of rotatable bonds is 7. The van der Waals surface area contributed by atoms with E-state index in [2.05, 4.69) is 20.7 Å². The van der Waals surface area contributed by atoms with Gasteiger partial charge >= 0.3 is 5.97 Å². The van der Waals surface area contributed by atoms with Gasteiger partial charge in [0, 0.05) is 16.9 Å². The molecule has 0 fully saturated rings. The Hall–Kier alpha value is -1.07. The molecule has 0 spiro atoms. The molecule has 5 heteroatoms. The number of carbonyl (C=O) groups excluding carboxylic acids is 1. The summed E-state index contributed by atoms with van der Waals surface area (Å²) in [6.07, 6.45) is 1.77. The van der Waals surface area contributed by atoms with Crippen LogP contribution in [-0.2, 0) is 16.0 Å². The quantitative estimate of drug-likeness (QED) is 0.617. The first kappa shape index (κ1) is 16.0. The Morgan fingerprint density at radius 3 is 2.84 bits per heavy atom. The van der Waals surface area contributed by atoms with Crippen LogP contribution in [0.15, 0.2) is 22.7 Å². The number of esters is 1. The molecule has 0 saturated carbocycles. The van der Waals surface area contributed by atoms with Crippen LogP contribution in [0, 0.1) is 0 Å². The zero-order valence-electron chi connectivity index (χ0n) is 11.3. The fourth-order valence-electron chi connectivity index (χ4n) is 1.70. The van der Waals surface area contributed by atoms with Crippen LogP contribution in [0.2, 0.25) is 0 Å². The van der Waals surface area contributed by atoms with E-state index in [4.69, 9.17) is 10.5 Å². The highest BCUT2D eigenvalue weighted by Crippen LogP contribution is 2.24. The summed E-state index contributed by atoms with van der Waals surface area (Å²) in [5, 5.41) is 0. The van der Waals surface area contributed by atoms with Crippen LogP contribution >= 0.6 is 15.9 Å². The van der Waals surface area contributed by atoms with Gasteiger partial charge in [-0.05, 0) is 43.5 Å². The average Bonchev–Trinajstić information content (AvgIpc) is 2.35. The van der Waals surface area contributed by atoms with Gasteiger partial charge in [0.1, 0.15) is 5.75 Å². The molecule has 106 valence electrons. The highest BCUT2D eigenvalue weighted by molar-refractivity contribution is 9.10. The van der Waals surface area contributed by atoms with Crippen LogP contribution in [0.5, 0.6) is 5.75 Å². The van der Waals surface area contributed by atoms with Crippen molar-refractivity contribution in [3.63, 3.8) is 0 Å². The third-order valence-electron chi connectivity index (χ3n) is 2.57. The average molecular weight is 330 g/mol. The summed E-state index contributed by atoms with van der Waals surface area (Å²) in [6, 6.07) is 5.94. The van der Waals surface area contributed by atoms with Gasteiger partial charge in [0.25, 0.3) is 0 Å². The van der Waals surface area contributed by atoms with Gasteiger partial charge in [-0.2, -0.15) is 0 Å². The smallest absolute Gasteiger partial charge is 0.305 e. The number of carbonyl (C=O) groups is 1. The molecule has 1 aromatic rings. The Kier molecular flexibility index (Phi) is 6.87. The second-order valence-electron chi connectivity index (χ2n) is 4.46. The summed E-state index contributed by atoms with van der Waals surface area (Å²) in [4.78, 5) is 11.0. The Bertz CT molecular complexity index is 421. The molecule has 2 N–H and O–H groups in total. The number of hydrogen-bond acceptors (Lipinski definition) is 4. The maximum absolute atomic E-state index is 11.0. The number of halogens is 1. The van der Waals surface area contributed by atoms with Gasteiger partial charge in [-0.1, -0.05) is 15.9 Å². The van der Waals surface area contributed by atoms with Gasteiger partial charge in [-0.3, -0.25) is 4.79 Å². The molecule has 1 atom stereocenters. The highest BCUT2D eigenvalue weighted by Gasteiger charge is 2.08. The standard InChI is InChI=1S/C14H20BrNO3/c1-10(16)8-11-9-12(15)5-6-13(11)19-7-3-4-14(17)18-2/h5-6,9-10H,3-4,7-8,16H2,1-2H3. The van der Waals surface area contributed by atoms with E-state index in [0.717, 1.165) is 22.2 Å². The van der Waals surface area contributed by atoms with E-state index in [1.54, 1.807) is 0 Å². The maximum atomic E-state index is 11.0. The van der Waals surface area contributed by atoms with Gasteiger partial charge in [0.05, 0.1) is 13.7 Å². The second-order valence-corrected chi connectivity index (χ2v) is 5.38. The Morgan fingerprint density at radius 2 is 2.21 bits per heavy atom. The maximum Gasteiger partial charge on any atom is 0.305 e. The van der Waals surface area contributed by atoms with Gasteiger partial charge < -0.3 is 15.2 Å². The van der Waals surface area contributed by atoms with Crippen molar-refractivity contribution < 1.29 is 14.3 Å². The summed E-state index contributed by atoms with van der Waals surface area (Å²) in [6.45, 7) is 2.45. The van der Waals surface area contributed by atoms with Crippen LogP contribution in [0.25, 0.3) is 0 Å². The number of benzene rings is 1. The molecule has 0 aromatic heterocycles. The molecule has 19 heavy (non-hydrogen) atoms. The van der Waals surface area contributed by atoms with Crippen molar-refractivity contribution in [1.82, 2.24) is 0 Å². The van der Waals surface area contributed by atoms with Crippen molar-refractivity contribution in [3.8, 4) is 5.75 Å². The first-order valence-corrected chi connectivity index (χ1v) is 7.06. The number of nitrogens with two attached hydrogens (primary N) is 1. The van der Waals surface area contributed by atoms with E-state index in [1.807, 2.05) is 25.1 Å². The fraction of sp³-hybridized carbons (Fsp3) is 0.500. The molecule has 1 aromatic carbocycles. The lowest BCUT2D eigenvalue weighted by molar-refractivity contribution is -0.140. The summed E-state index contributed by atoms with van der Waals surface area (Å²) < 4.78 is 11.3. The summed E-state index contributed by atoms with van der Waals surface area (Å²) >= 11 is 3.44. The van der Waals surface area contributed by atoms with Crippen LogP contribution in [-0.4, -0.2) is 25.7 Å². The van der Waals surface area contributed by atoms with Crippen molar-refractivity contribution in [2.24, 2.45) is 5.73 Å². The third-order valence-corrected chi connectivity index (χ3v) is 3.07. The monoisotopic (exact) mass is 329 g/mol. The third kappa shape index (κ3) is 6.07. The van der Waals surface area contributed by atoms with E-state index in [-0.39, 0.29) is 12.0 Å². The van der Waals surface area contributed by atoms with Crippen LogP contribution in [0.4, 0.5) is 0 Å². The lowest BCUT2D eigenvalue weighted by Gasteiger charge is -2.13. The molecular weight excluding hydrogens is 310 g/mol. The lowest BCUT2D eigenvalue weighted by Crippen LogP contribution is -2.18. The lowest BCUT2D eigenvalue weighted by atomic mass is 10.1. The van der Waals surface area contributed by atoms with Crippen molar-refractivity contribution in [1.29, 1.82) is 0 Å². The van der Waals surface area contributed by atoms with Gasteiger partial charge in [-0.15, -0.1) is 0 Å². The van der Waals surface area contributed by atoms with Gasteiger partial charge in [-0.25, -0.2) is 0 Å². The summed E-state index contributed by atoms with van der Waals surface area (Å²) in [5.41, 5.74) is 6.90. The van der Waals surface area contributed by atoms with Crippen LogP contribution < -0.4 is 10.5 Å². The molecule has 0 aliphatic carbocycles. The number of hydrogen-bond donors (Lipinski definition) is 1. The molecule has 0 aliphatic rings. The summed E-state index contributed by atoms with van der Waals surface area (Å²) in [5.74, 6) is 0.612. The van der Waals surface area contributed by atoms with E-state index in [1.165, 1.54) is 7.11 Å². The second kappa shape index (κ2) is 8.17. The highest BCUT2D eigenvalue weighted by atomic mass is 79.9. The summed E-state index contributed by atoms with van der Waals surface area (Å²) in [7, 11) is 1.39. The first-order valence-electron chi connectivity index (χ1n) is 6.26. The van der Waals surface area contributed by atoms with Crippen molar-refractivity contribution >= 4 is 21.9 Å². The molecule has 0 amide bonds. The van der Waals surface area contributed by atoms with Gasteiger partial charge in [0.15, 0.2) is 0 Å². The SMILES string of the molecule is COC(=O)CCCOc1ccc(Br)cc1CC(C)N. The predicted octanol–water partition coefficient (Wildman–Crippen LogP) is 2.67. The zero-order valence-corrected chi connectivity index (χ0v) is 12.9. The van der Waals surface area contributed by atoms with Crippen molar-refractivity contribution in [2.45, 2.75) is 32.2 Å².